The summed E-state index contributed by atoms with van der Waals surface area (Å²) in [6.45, 7) is 6.30. The van der Waals surface area contributed by atoms with Crippen molar-refractivity contribution < 1.29 is 28.6 Å². The van der Waals surface area contributed by atoms with Crippen molar-refractivity contribution in [1.29, 1.82) is 0 Å². The van der Waals surface area contributed by atoms with E-state index in [1.165, 1.54) is 38.5 Å². The standard InChI is InChI=1S/C52H84O6/c1-4-7-10-13-16-19-22-25-26-28-30-33-36-39-42-45-51(54)57-48-49(47-56-50(53)44-41-38-35-32-29-24-21-18-15-12-9-6-3)58-52(55)46-43-40-37-34-31-27-23-20-17-14-11-8-5-2/h7,10-11,14,16,18-21,23,25-26,30,33,39,42,49H,4-6,8-9,12-13,15,17,22,24,27-29,31-32,34-38,40-41,43-48H2,1-3H3/b10-7-,14-11-,19-16-,21-18-,23-20-,26-25-,33-30-,42-39-. The van der Waals surface area contributed by atoms with Crippen molar-refractivity contribution in [2.75, 3.05) is 13.2 Å². The highest BCUT2D eigenvalue weighted by atomic mass is 16.6. The van der Waals surface area contributed by atoms with E-state index in [1.807, 2.05) is 6.08 Å². The topological polar surface area (TPSA) is 78.9 Å². The Bertz CT molecular complexity index is 1200. The molecule has 1 atom stereocenters. The van der Waals surface area contributed by atoms with Gasteiger partial charge in [0.05, 0.1) is 6.42 Å². The van der Waals surface area contributed by atoms with Gasteiger partial charge in [-0.05, 0) is 96.3 Å². The van der Waals surface area contributed by atoms with Gasteiger partial charge >= 0.3 is 17.9 Å². The zero-order valence-electron chi connectivity index (χ0n) is 37.3. The monoisotopic (exact) mass is 805 g/mol. The van der Waals surface area contributed by atoms with E-state index in [2.05, 4.69) is 106 Å². The zero-order chi connectivity index (χ0) is 42.3. The number of carbonyl (C=O) groups excluding carboxylic acids is 3. The normalized spacial score (nSPS) is 12.9. The van der Waals surface area contributed by atoms with Gasteiger partial charge in [0.2, 0.25) is 0 Å². The molecule has 6 nitrogen and oxygen atoms in total. The summed E-state index contributed by atoms with van der Waals surface area (Å²) in [6.07, 6.45) is 59.8. The molecular weight excluding hydrogens is 721 g/mol. The van der Waals surface area contributed by atoms with Crippen LogP contribution < -0.4 is 0 Å². The lowest BCUT2D eigenvalue weighted by atomic mass is 10.1. The SMILES string of the molecule is CC/C=C\C/C=C\C/C=C\C/C=C\C/C=C\CC(=O)OCC(COC(=O)CCCCCCC/C=C\CCCCC)OC(=O)CCCCCCC/C=C\C/C=C\CCC. The molecule has 0 saturated heterocycles. The van der Waals surface area contributed by atoms with Crippen LogP contribution in [0.5, 0.6) is 0 Å². The number of allylic oxidation sites excluding steroid dienone is 15. The summed E-state index contributed by atoms with van der Waals surface area (Å²) in [5.74, 6) is -1.09. The van der Waals surface area contributed by atoms with Gasteiger partial charge < -0.3 is 14.2 Å². The maximum Gasteiger partial charge on any atom is 0.309 e. The van der Waals surface area contributed by atoms with E-state index in [1.54, 1.807) is 6.08 Å². The minimum atomic E-state index is -0.826. The van der Waals surface area contributed by atoms with Gasteiger partial charge in [-0.2, -0.15) is 0 Å². The Morgan fingerprint density at radius 2 is 0.776 bits per heavy atom. The molecule has 0 spiro atoms. The van der Waals surface area contributed by atoms with E-state index in [4.69, 9.17) is 14.2 Å². The lowest BCUT2D eigenvalue weighted by Crippen LogP contribution is -2.30. The molecular formula is C52H84O6. The lowest BCUT2D eigenvalue weighted by molar-refractivity contribution is -0.166. The smallest absolute Gasteiger partial charge is 0.309 e. The summed E-state index contributed by atoms with van der Waals surface area (Å²) >= 11 is 0. The Morgan fingerprint density at radius 3 is 1.29 bits per heavy atom. The molecule has 0 aromatic carbocycles. The number of hydrogen-bond donors (Lipinski definition) is 0. The van der Waals surface area contributed by atoms with Gasteiger partial charge in [-0.1, -0.05) is 176 Å². The largest absolute Gasteiger partial charge is 0.462 e. The molecule has 0 fully saturated rings. The lowest BCUT2D eigenvalue weighted by Gasteiger charge is -2.18. The fourth-order valence-corrected chi connectivity index (χ4v) is 5.84. The van der Waals surface area contributed by atoms with E-state index in [-0.39, 0.29) is 38.0 Å². The predicted octanol–water partition coefficient (Wildman–Crippen LogP) is 15.0. The first kappa shape index (κ1) is 54.3. The van der Waals surface area contributed by atoms with Crippen LogP contribution in [0.4, 0.5) is 0 Å². The number of ether oxygens (including phenoxy) is 3. The van der Waals surface area contributed by atoms with Crippen LogP contribution in [0.25, 0.3) is 0 Å². The van der Waals surface area contributed by atoms with E-state index in [0.717, 1.165) is 116 Å². The summed E-state index contributed by atoms with van der Waals surface area (Å²) in [6, 6.07) is 0. The molecule has 328 valence electrons. The van der Waals surface area contributed by atoms with Crippen LogP contribution in [-0.2, 0) is 28.6 Å². The predicted molar refractivity (Wildman–Crippen MR) is 247 cm³/mol. The van der Waals surface area contributed by atoms with Crippen LogP contribution in [0.2, 0.25) is 0 Å². The molecule has 0 aromatic rings. The van der Waals surface area contributed by atoms with Gasteiger partial charge in [0.1, 0.15) is 13.2 Å². The average Bonchev–Trinajstić information content (AvgIpc) is 3.22. The third-order valence-corrected chi connectivity index (χ3v) is 9.31. The first-order chi connectivity index (χ1) is 28.5. The average molecular weight is 805 g/mol. The molecule has 0 amide bonds. The number of carbonyl (C=O) groups is 3. The van der Waals surface area contributed by atoms with Crippen LogP contribution >= 0.6 is 0 Å². The Balaban J connectivity index is 4.56. The number of rotatable bonds is 40. The minimum Gasteiger partial charge on any atom is -0.462 e. The molecule has 6 heteroatoms. The molecule has 0 N–H and O–H groups in total. The molecule has 58 heavy (non-hydrogen) atoms. The maximum absolute atomic E-state index is 12.7. The third-order valence-electron chi connectivity index (χ3n) is 9.31. The Hall–Kier alpha value is -3.67. The van der Waals surface area contributed by atoms with Gasteiger partial charge in [-0.15, -0.1) is 0 Å². The van der Waals surface area contributed by atoms with E-state index >= 15 is 0 Å². The highest BCUT2D eigenvalue weighted by Gasteiger charge is 2.19. The molecule has 0 bridgehead atoms. The van der Waals surface area contributed by atoms with Crippen LogP contribution in [0.15, 0.2) is 97.2 Å². The van der Waals surface area contributed by atoms with Crippen molar-refractivity contribution in [2.24, 2.45) is 0 Å². The second kappa shape index (κ2) is 46.0. The number of esters is 3. The molecule has 1 unspecified atom stereocenters. The van der Waals surface area contributed by atoms with Crippen molar-refractivity contribution in [1.82, 2.24) is 0 Å². The van der Waals surface area contributed by atoms with Gasteiger partial charge in [0.25, 0.3) is 0 Å². The van der Waals surface area contributed by atoms with Gasteiger partial charge in [-0.25, -0.2) is 0 Å². The highest BCUT2D eigenvalue weighted by molar-refractivity contribution is 5.72. The van der Waals surface area contributed by atoms with E-state index in [9.17, 15) is 14.4 Å². The summed E-state index contributed by atoms with van der Waals surface area (Å²) in [7, 11) is 0. The van der Waals surface area contributed by atoms with Crippen molar-refractivity contribution in [3.63, 3.8) is 0 Å². The Kier molecular flexibility index (Phi) is 43.1. The Labute approximate surface area is 356 Å². The maximum atomic E-state index is 12.7. The fourth-order valence-electron chi connectivity index (χ4n) is 5.84. The first-order valence-corrected chi connectivity index (χ1v) is 23.2. The van der Waals surface area contributed by atoms with Gasteiger partial charge in [-0.3, -0.25) is 14.4 Å². The quantitative estimate of drug-likeness (QED) is 0.0266. The van der Waals surface area contributed by atoms with Crippen molar-refractivity contribution in [3.05, 3.63) is 97.2 Å². The molecule has 0 radical (unpaired) electrons. The zero-order valence-corrected chi connectivity index (χ0v) is 37.3. The molecule has 0 aliphatic carbocycles. The highest BCUT2D eigenvalue weighted by Crippen LogP contribution is 2.12. The van der Waals surface area contributed by atoms with Crippen molar-refractivity contribution in [2.45, 2.75) is 200 Å². The molecule has 0 aromatic heterocycles. The summed E-state index contributed by atoms with van der Waals surface area (Å²) in [4.78, 5) is 37.7. The molecule has 0 aliphatic heterocycles. The van der Waals surface area contributed by atoms with Crippen molar-refractivity contribution >= 4 is 17.9 Å². The van der Waals surface area contributed by atoms with Crippen LogP contribution in [-0.4, -0.2) is 37.2 Å². The molecule has 0 heterocycles. The third kappa shape index (κ3) is 43.5. The summed E-state index contributed by atoms with van der Waals surface area (Å²) in [5, 5.41) is 0. The van der Waals surface area contributed by atoms with E-state index < -0.39 is 12.1 Å². The van der Waals surface area contributed by atoms with E-state index in [0.29, 0.717) is 6.42 Å². The van der Waals surface area contributed by atoms with Gasteiger partial charge in [0, 0.05) is 12.8 Å². The van der Waals surface area contributed by atoms with Crippen LogP contribution in [0, 0.1) is 0 Å². The molecule has 0 saturated carbocycles. The summed E-state index contributed by atoms with van der Waals surface area (Å²) in [5.41, 5.74) is 0. The van der Waals surface area contributed by atoms with Crippen LogP contribution in [0.3, 0.4) is 0 Å². The second-order valence-electron chi connectivity index (χ2n) is 14.9. The minimum absolute atomic E-state index is 0.119. The number of hydrogen-bond acceptors (Lipinski definition) is 6. The fraction of sp³-hybridized carbons (Fsp3) is 0.635. The summed E-state index contributed by atoms with van der Waals surface area (Å²) < 4.78 is 16.6. The van der Waals surface area contributed by atoms with Crippen LogP contribution in [0.1, 0.15) is 194 Å². The van der Waals surface area contributed by atoms with Gasteiger partial charge in [0.15, 0.2) is 6.10 Å². The second-order valence-corrected chi connectivity index (χ2v) is 14.9. The Morgan fingerprint density at radius 1 is 0.379 bits per heavy atom. The molecule has 0 aliphatic rings. The number of unbranched alkanes of at least 4 members (excludes halogenated alkanes) is 14. The molecule has 0 rings (SSSR count). The van der Waals surface area contributed by atoms with Crippen molar-refractivity contribution in [3.8, 4) is 0 Å². The first-order valence-electron chi connectivity index (χ1n) is 23.2.